The first-order chi connectivity index (χ1) is 68.8. The lowest BCUT2D eigenvalue weighted by Crippen LogP contribution is -2.55. The Kier molecular flexibility index (Phi) is 69.4. The van der Waals surface area contributed by atoms with Crippen LogP contribution in [-0.4, -0.2) is 300 Å². The van der Waals surface area contributed by atoms with E-state index in [4.69, 9.17) is 23.8 Å². The van der Waals surface area contributed by atoms with Crippen LogP contribution in [0.3, 0.4) is 0 Å². The monoisotopic (exact) mass is 2040 g/mol. The van der Waals surface area contributed by atoms with Crippen molar-refractivity contribution in [3.63, 3.8) is 0 Å². The molecule has 2 aromatic rings. The minimum atomic E-state index is -0.953. The average Bonchev–Trinajstić information content (AvgIpc) is 1.19. The summed E-state index contributed by atoms with van der Waals surface area (Å²) in [5, 5.41) is 15.2. The number of likely N-dealkylation sites (N-methyl/N-ethyl adjacent to an activating group) is 4. The van der Waals surface area contributed by atoms with Crippen molar-refractivity contribution in [2.24, 2.45) is 64.9 Å². The van der Waals surface area contributed by atoms with Gasteiger partial charge in [-0.3, -0.25) is 72.1 Å². The number of nitrogens with zero attached hydrogens (tertiary/aromatic N) is 7. The molecule has 5 rings (SSSR count). The summed E-state index contributed by atoms with van der Waals surface area (Å²) in [6, 6.07) is 14.6. The zero-order chi connectivity index (χ0) is 111. The summed E-state index contributed by atoms with van der Waals surface area (Å²) in [6.07, 6.45) is 7.60. The Morgan fingerprint density at radius 3 is 1.14 bits per heavy atom. The number of nitrogens with two attached hydrogens (primary N) is 1. The number of nitrogens with one attached hydrogen (secondary N) is 5. The molecule has 824 valence electrons. The van der Waals surface area contributed by atoms with Crippen LogP contribution in [-0.2, 0) is 104 Å². The first-order valence-electron chi connectivity index (χ1n) is 53.4. The second kappa shape index (κ2) is 74.3. The van der Waals surface area contributed by atoms with Gasteiger partial charge in [0.1, 0.15) is 12.1 Å². The van der Waals surface area contributed by atoms with Crippen LogP contribution in [0.1, 0.15) is 291 Å². The molecule has 0 spiro atoms. The fourth-order valence-electron chi connectivity index (χ4n) is 19.4. The van der Waals surface area contributed by atoms with Gasteiger partial charge in [-0.2, -0.15) is 0 Å². The Hall–Kier alpha value is -9.58. The number of Topliss-reactive ketones (excluding diaryl/α,β-unsaturated/α-hetero) is 2. The minimum absolute atomic E-state index is 0.00307. The number of rotatable bonds is 59. The van der Waals surface area contributed by atoms with Gasteiger partial charge in [0.2, 0.25) is 53.2 Å². The first-order valence-corrected chi connectivity index (χ1v) is 53.4. The lowest BCUT2D eigenvalue weighted by atomic mass is 9.83. The molecule has 0 aromatic heterocycles. The summed E-state index contributed by atoms with van der Waals surface area (Å²) in [5.41, 5.74) is 15.2. The lowest BCUT2D eigenvalue weighted by Gasteiger charge is -2.41. The van der Waals surface area contributed by atoms with Crippen LogP contribution < -0.4 is 32.3 Å². The lowest BCUT2D eigenvalue weighted by molar-refractivity contribution is -0.197. The molecule has 7 N–H and O–H groups in total. The number of amides is 11. The van der Waals surface area contributed by atoms with Gasteiger partial charge in [0, 0.05) is 138 Å². The highest BCUT2D eigenvalue weighted by Crippen LogP contribution is 2.35. The number of carbonyl (C=O) groups excluding carboxylic acids is 14. The number of ketones is 2. The predicted molar refractivity (Wildman–Crippen MR) is 574 cm³/mol. The fraction of sp³-hybridized carbons (Fsp3) is 0.726. The van der Waals surface area contributed by atoms with Gasteiger partial charge < -0.3 is 75.7 Å². The third-order valence-electron chi connectivity index (χ3n) is 27.4. The Morgan fingerprint density at radius 1 is 0.476 bits per heavy atom. The Labute approximate surface area is 872 Å². The van der Waals surface area contributed by atoms with Gasteiger partial charge in [-0.15, -0.1) is 5.06 Å². The van der Waals surface area contributed by atoms with Crippen LogP contribution in [0.4, 0.5) is 0 Å². The van der Waals surface area contributed by atoms with Gasteiger partial charge in [-0.1, -0.05) is 229 Å². The summed E-state index contributed by atoms with van der Waals surface area (Å²) in [7, 11) is 18.7. The number of allylic oxidation sites excluding steroid dienone is 1. The van der Waals surface area contributed by atoms with Gasteiger partial charge >= 0.3 is 5.97 Å². The van der Waals surface area contributed by atoms with Crippen molar-refractivity contribution in [3.8, 4) is 0 Å². The molecule has 3 aliphatic heterocycles. The van der Waals surface area contributed by atoms with E-state index in [-0.39, 0.29) is 165 Å². The number of likely N-dealkylation sites (tertiary alicyclic amines) is 2. The molecule has 2 unspecified atom stereocenters. The van der Waals surface area contributed by atoms with Crippen LogP contribution in [0.25, 0.3) is 0 Å². The van der Waals surface area contributed by atoms with Crippen LogP contribution >= 0.6 is 0 Å². The molecule has 3 aliphatic rings. The van der Waals surface area contributed by atoms with Crippen LogP contribution in [0.2, 0.25) is 0 Å². The molecule has 0 radical (unpaired) electrons. The molecule has 3 saturated heterocycles. The molecule has 11 amide bonds. The molecule has 0 bridgehead atoms. The molecule has 0 saturated carbocycles. The third kappa shape index (κ3) is 46.4. The van der Waals surface area contributed by atoms with Crippen molar-refractivity contribution in [2.45, 2.75) is 366 Å². The van der Waals surface area contributed by atoms with Crippen LogP contribution in [0.15, 0.2) is 90.0 Å². The summed E-state index contributed by atoms with van der Waals surface area (Å²) in [6.45, 7) is 47.1. The van der Waals surface area contributed by atoms with E-state index in [1.807, 2.05) is 209 Å². The van der Waals surface area contributed by atoms with Gasteiger partial charge in [0.15, 0.2) is 11.6 Å². The standard InChI is InChI=1S/C51H88N6O8.C50H80N6O11.C7H8.2C2H6.CH5N/c1-14-16-21-28-52-44(59)27-20-22-29-53-50(62)40(31-38-24-18-17-19-25-38)54-49(61)37(8)48(65-13)41-26-23-30-57(41)45(60)33-43(64-12)47(36(7)15-2)56(11)51(63)39(34(3)4)32-42(58)46(35(5)6)55(9)10;1-13-33(6)46(54(10)50(64)36(31(2)3)29-39(57)45(32(4)5)53(8)9)40(65-11)30-43(60)55-27-19-22-38(55)47(66-12)34(7)48(62)52-37(28-35-20-15-14-16-21-35)49(63)51-26-18-17-23-44(61)67-56-41(58)24-25-42(56)59;1-4-5-6-7(2)3;3*1-2/h17-19,24-25,34-37,39-41,43,46-48H,14-16,20-23,26-33H2,1-13H3,(H,52,59)(H,53,62)(H,54,61);14-16,20-21,31-34,36-38,40,45-47H,13,17-19,22-30H2,1-12H3,(H,51,63)(H,52,62);1H2,2-3H3;2*1-2H3;2H2,1H3/t36?,37-,39+,40+,41+,43-,46+,47+,48-;33?,34-,36+,37+,38+,40-,45+,46+,47-;;;;/m11..../s1. The zero-order valence-corrected chi connectivity index (χ0v) is 94.9. The maximum atomic E-state index is 14.4. The summed E-state index contributed by atoms with van der Waals surface area (Å²) in [4.78, 5) is 204. The maximum absolute atomic E-state index is 14.4. The number of methoxy groups -OCH3 is 4. The van der Waals surface area contributed by atoms with E-state index in [9.17, 15) is 67.1 Å². The number of hydrogen-bond acceptors (Lipinski definition) is 22. The quantitative estimate of drug-likeness (QED) is 0.0203. The number of imide groups is 1. The summed E-state index contributed by atoms with van der Waals surface area (Å²) >= 11 is 0. The Bertz CT molecular complexity index is 4270. The van der Waals surface area contributed by atoms with E-state index in [1.54, 1.807) is 68.9 Å². The molecular formula is C113H193N13O19. The van der Waals surface area contributed by atoms with Crippen molar-refractivity contribution in [1.29, 1.82) is 0 Å². The van der Waals surface area contributed by atoms with Crippen molar-refractivity contribution in [3.05, 3.63) is 101 Å². The van der Waals surface area contributed by atoms with E-state index < -0.39 is 114 Å². The molecule has 32 nitrogen and oxygen atoms in total. The van der Waals surface area contributed by atoms with E-state index in [0.717, 1.165) is 55.2 Å². The number of unbranched alkanes of at least 4 members (excludes halogenated alkanes) is 4. The molecule has 3 heterocycles. The first kappa shape index (κ1) is 135. The van der Waals surface area contributed by atoms with Crippen LogP contribution in [0.5, 0.6) is 0 Å². The smallest absolute Gasteiger partial charge is 0.333 e. The van der Waals surface area contributed by atoms with Gasteiger partial charge in [-0.05, 0) is 171 Å². The fourth-order valence-corrected chi connectivity index (χ4v) is 19.4. The molecule has 32 heteroatoms. The highest BCUT2D eigenvalue weighted by atomic mass is 16.7. The number of ether oxygens (including phenoxy) is 4. The van der Waals surface area contributed by atoms with Crippen molar-refractivity contribution in [2.75, 3.05) is 110 Å². The normalized spacial score (nSPS) is 17.1. The molecule has 18 atom stereocenters. The molecule has 3 fully saturated rings. The van der Waals surface area contributed by atoms with Crippen LogP contribution in [0, 0.1) is 59.2 Å². The van der Waals surface area contributed by atoms with Gasteiger partial charge in [0.05, 0.1) is 85.3 Å². The second-order valence-electron chi connectivity index (χ2n) is 40.1. The highest BCUT2D eigenvalue weighted by molar-refractivity contribution is 6.01. The molecule has 0 aliphatic carbocycles. The largest absolute Gasteiger partial charge is 0.379 e. The molecular weight excluding hydrogens is 1840 g/mol. The molecule has 145 heavy (non-hydrogen) atoms. The van der Waals surface area contributed by atoms with E-state index in [0.29, 0.717) is 82.6 Å². The number of hydrogen-bond donors (Lipinski definition) is 6. The zero-order valence-electron chi connectivity index (χ0n) is 94.9. The Balaban J connectivity index is 0.00000255. The van der Waals surface area contributed by atoms with E-state index >= 15 is 0 Å². The maximum Gasteiger partial charge on any atom is 0.333 e. The minimum Gasteiger partial charge on any atom is -0.379 e. The number of benzene rings is 2. The van der Waals surface area contributed by atoms with Gasteiger partial charge in [0.25, 0.3) is 11.8 Å². The topological polar surface area (TPSA) is 394 Å². The van der Waals surface area contributed by atoms with Gasteiger partial charge in [-0.25, -0.2) is 4.79 Å². The number of hydroxylamine groups is 2. The van der Waals surface area contributed by atoms with E-state index in [2.05, 4.69) is 76.9 Å². The van der Waals surface area contributed by atoms with E-state index in [1.165, 1.54) is 14.2 Å². The molecule has 2 aromatic carbocycles. The Morgan fingerprint density at radius 2 is 0.834 bits per heavy atom. The van der Waals surface area contributed by atoms with Crippen molar-refractivity contribution in [1.82, 2.24) is 61.0 Å². The highest BCUT2D eigenvalue weighted by Gasteiger charge is 2.48. The third-order valence-corrected chi connectivity index (χ3v) is 27.4. The van der Waals surface area contributed by atoms with Crippen molar-refractivity contribution >= 4 is 82.5 Å². The van der Waals surface area contributed by atoms with Crippen molar-refractivity contribution < 1.29 is 90.9 Å². The number of carbonyl (C=O) groups is 14. The average molecular weight is 2040 g/mol. The predicted octanol–water partition coefficient (Wildman–Crippen LogP) is 14.1. The summed E-state index contributed by atoms with van der Waals surface area (Å²) < 4.78 is 24.2. The summed E-state index contributed by atoms with van der Waals surface area (Å²) in [5.74, 6) is -6.56. The second-order valence-corrected chi connectivity index (χ2v) is 40.1. The SMILES string of the molecule is C=C=C=C=C(C)C.CC.CC.CCC(C)[C@@H]([C@@H](CC(=O)N1CCC[C@H]1[C@H](OC)[C@@H](C)C(=O)N[C@@H](Cc1ccccc1)C(=O)NCCCCC(=O)ON1C(=O)CCC1=O)OC)N(C)C(=O)[C@@H](CC(=O)[C@H](C(C)C)N(C)C)C(C)C.CCCCCNC(=O)CCCCNC(=O)[C@H](Cc1ccccc1)NC(=O)[C@H](C)[C@@H](OC)[C@@H]1CCCN1C(=O)C[C@@H](OC)[C@H](C(C)CC)N(C)C(=O)[C@@H](CC(=O)[C@H](C(C)C)N(C)C)C(C)C.CN.